The molecule has 8 nitrogen and oxygen atoms in total. The molecule has 0 aliphatic rings. The van der Waals surface area contributed by atoms with Crippen molar-refractivity contribution < 1.29 is 32.7 Å². The van der Waals surface area contributed by atoms with Crippen LogP contribution in [0.5, 0.6) is 0 Å². The average molecular weight is 289 g/mol. The van der Waals surface area contributed by atoms with Crippen LogP contribution in [0, 0.1) is 0 Å². The molecule has 0 heterocycles. The van der Waals surface area contributed by atoms with Gasteiger partial charge in [-0.1, -0.05) is 0 Å². The van der Waals surface area contributed by atoms with Gasteiger partial charge in [-0.3, -0.25) is 4.99 Å². The summed E-state index contributed by atoms with van der Waals surface area (Å²) in [5, 5.41) is 0. The van der Waals surface area contributed by atoms with Gasteiger partial charge in [0, 0.05) is 45.2 Å². The minimum absolute atomic E-state index is 0. The Balaban J connectivity index is -0.000000208. The normalized spacial score (nSPS) is 12.3. The quantitative estimate of drug-likeness (QED) is 0.445. The predicted octanol–water partition coefficient (Wildman–Crippen LogP) is -0.331. The van der Waals surface area contributed by atoms with Crippen LogP contribution in [0.3, 0.4) is 0 Å². The standard InChI is InChI=1S/C4H10N5.C2H6N3.Y/c1-2-8-4(7)9-3(5)6;1-5-2(3)4;/h2H2,1H3,(H5-,5,6,7,8,9);1H3,(H3-,3,4,5);/q2*-1;. The summed E-state index contributed by atoms with van der Waals surface area (Å²) in [4.78, 5) is 10.3. The zero-order valence-electron chi connectivity index (χ0n) is 8.86. The Kier molecular flexibility index (Phi) is 17.2. The molecule has 0 spiro atoms. The first-order valence-electron chi connectivity index (χ1n) is 3.73. The molecular formula is C6H16N8Y-2. The van der Waals surface area contributed by atoms with Crippen LogP contribution < -0.4 is 17.2 Å². The molecule has 0 aromatic rings. The fourth-order valence-corrected chi connectivity index (χ4v) is 0.321. The smallest absolute Gasteiger partial charge is 0.143 e. The molecule has 0 bridgehead atoms. The number of guanidine groups is 3. The Hall–Kier alpha value is -0.886. The number of rotatable bonds is 1. The van der Waals surface area contributed by atoms with Crippen molar-refractivity contribution in [2.24, 2.45) is 32.2 Å². The molecule has 1 radical (unpaired) electrons. The fourth-order valence-electron chi connectivity index (χ4n) is 0.321. The van der Waals surface area contributed by atoms with Gasteiger partial charge in [0.1, 0.15) is 5.96 Å². The number of nitrogens with zero attached hydrogens (tertiary/aromatic N) is 3. The van der Waals surface area contributed by atoms with E-state index in [0.717, 1.165) is 0 Å². The van der Waals surface area contributed by atoms with Crippen LogP contribution >= 0.6 is 0 Å². The van der Waals surface area contributed by atoms with Crippen molar-refractivity contribution in [2.75, 3.05) is 13.6 Å². The fraction of sp³-hybridized carbons (Fsp3) is 0.500. The van der Waals surface area contributed by atoms with Gasteiger partial charge >= 0.3 is 0 Å². The van der Waals surface area contributed by atoms with Gasteiger partial charge in [0.15, 0.2) is 0 Å². The molecule has 0 rings (SSSR count). The van der Waals surface area contributed by atoms with Gasteiger partial charge in [-0.25, -0.2) is 0 Å². The van der Waals surface area contributed by atoms with Crippen molar-refractivity contribution in [2.45, 2.75) is 6.92 Å². The SMILES string of the molecule is CCN=C(N)N=C([NH-])N.CN=C([NH-])N.[Y]. The molecule has 0 saturated heterocycles. The summed E-state index contributed by atoms with van der Waals surface area (Å²) < 4.78 is 0. The average Bonchev–Trinajstić information content (AvgIpc) is 2.04. The molecule has 8 N–H and O–H groups in total. The Morgan fingerprint density at radius 3 is 1.73 bits per heavy atom. The first-order valence-corrected chi connectivity index (χ1v) is 3.73. The molecule has 85 valence electrons. The molecule has 0 aromatic carbocycles. The van der Waals surface area contributed by atoms with Crippen LogP contribution in [0.2, 0.25) is 0 Å². The third-order valence-corrected chi connectivity index (χ3v) is 0.796. The van der Waals surface area contributed by atoms with Crippen molar-refractivity contribution in [3.63, 3.8) is 0 Å². The summed E-state index contributed by atoms with van der Waals surface area (Å²) in [7, 11) is 1.47. The second-order valence-electron chi connectivity index (χ2n) is 1.94. The Morgan fingerprint density at radius 2 is 1.53 bits per heavy atom. The molecule has 0 fully saturated rings. The van der Waals surface area contributed by atoms with E-state index in [1.54, 1.807) is 0 Å². The van der Waals surface area contributed by atoms with Crippen LogP contribution in [0.1, 0.15) is 6.92 Å². The maximum Gasteiger partial charge on any atom is 0.143 e. The number of nitrogens with one attached hydrogen (secondary N) is 2. The van der Waals surface area contributed by atoms with Crippen LogP contribution in [-0.2, 0) is 32.7 Å². The van der Waals surface area contributed by atoms with Gasteiger partial charge in [0.25, 0.3) is 0 Å². The maximum absolute atomic E-state index is 6.65. The van der Waals surface area contributed by atoms with E-state index in [2.05, 4.69) is 15.0 Å². The van der Waals surface area contributed by atoms with Crippen molar-refractivity contribution in [3.05, 3.63) is 11.5 Å². The Morgan fingerprint density at radius 1 is 1.13 bits per heavy atom. The van der Waals surface area contributed by atoms with Gasteiger partial charge in [-0.2, -0.15) is 0 Å². The number of hydrogen-bond acceptors (Lipinski definition) is 2. The summed E-state index contributed by atoms with van der Waals surface area (Å²) in [6.07, 6.45) is 0. The molecule has 0 aliphatic carbocycles. The second kappa shape index (κ2) is 13.1. The van der Waals surface area contributed by atoms with E-state index in [1.165, 1.54) is 7.05 Å². The predicted molar refractivity (Wildman–Crippen MR) is 60.0 cm³/mol. The largest absolute Gasteiger partial charge is 0.454 e. The Bertz CT molecular complexity index is 225. The third kappa shape index (κ3) is 24.6. The maximum atomic E-state index is 6.65. The zero-order valence-corrected chi connectivity index (χ0v) is 11.7. The molecular weight excluding hydrogens is 273 g/mol. The van der Waals surface area contributed by atoms with Crippen molar-refractivity contribution in [3.8, 4) is 0 Å². The van der Waals surface area contributed by atoms with E-state index in [4.69, 9.17) is 28.7 Å². The van der Waals surface area contributed by atoms with Gasteiger partial charge in [0.05, 0.1) is 0 Å². The summed E-state index contributed by atoms with van der Waals surface area (Å²) in [6, 6.07) is 0. The van der Waals surface area contributed by atoms with Gasteiger partial charge < -0.3 is 38.7 Å². The van der Waals surface area contributed by atoms with E-state index < -0.39 is 0 Å². The monoisotopic (exact) mass is 289 g/mol. The van der Waals surface area contributed by atoms with E-state index in [0.29, 0.717) is 6.54 Å². The first kappa shape index (κ1) is 19.7. The van der Waals surface area contributed by atoms with Gasteiger partial charge in [0.2, 0.25) is 0 Å². The summed E-state index contributed by atoms with van der Waals surface area (Å²) >= 11 is 0. The van der Waals surface area contributed by atoms with E-state index in [1.807, 2.05) is 6.92 Å². The molecule has 9 heteroatoms. The Labute approximate surface area is 114 Å². The van der Waals surface area contributed by atoms with Crippen molar-refractivity contribution in [1.82, 2.24) is 0 Å². The summed E-state index contributed by atoms with van der Waals surface area (Å²) in [6.45, 7) is 2.38. The van der Waals surface area contributed by atoms with E-state index in [-0.39, 0.29) is 50.6 Å². The third-order valence-electron chi connectivity index (χ3n) is 0.796. The number of hydrogen-bond donors (Lipinski definition) is 3. The molecule has 0 atom stereocenters. The van der Waals surface area contributed by atoms with Crippen molar-refractivity contribution in [1.29, 1.82) is 0 Å². The molecule has 15 heavy (non-hydrogen) atoms. The van der Waals surface area contributed by atoms with E-state index >= 15 is 0 Å². The zero-order chi connectivity index (χ0) is 11.6. The van der Waals surface area contributed by atoms with Crippen molar-refractivity contribution >= 4 is 17.9 Å². The minimum atomic E-state index is -0.315. The van der Waals surface area contributed by atoms with Gasteiger partial charge in [-0.15, -0.1) is 0 Å². The molecule has 0 amide bonds. The van der Waals surface area contributed by atoms with Gasteiger partial charge in [-0.05, 0) is 19.9 Å². The van der Waals surface area contributed by atoms with Crippen LogP contribution in [0.4, 0.5) is 0 Å². The molecule has 0 saturated carbocycles. The first-order chi connectivity index (χ1) is 6.43. The van der Waals surface area contributed by atoms with E-state index in [9.17, 15) is 0 Å². The minimum Gasteiger partial charge on any atom is -0.454 e. The second-order valence-corrected chi connectivity index (χ2v) is 1.94. The van der Waals surface area contributed by atoms with Crippen LogP contribution in [0.15, 0.2) is 15.0 Å². The van der Waals surface area contributed by atoms with Crippen LogP contribution in [-0.4, -0.2) is 31.5 Å². The summed E-state index contributed by atoms with van der Waals surface area (Å²) in [5.41, 5.74) is 27.7. The molecule has 0 aliphatic heterocycles. The summed E-state index contributed by atoms with van der Waals surface area (Å²) in [5.74, 6) is -0.375. The molecule has 0 aromatic heterocycles. The van der Waals surface area contributed by atoms with Crippen LogP contribution in [0.25, 0.3) is 11.5 Å². The topological polar surface area (TPSA) is 163 Å². The number of nitrogens with two attached hydrogens (primary N) is 3. The number of aliphatic imine (C=N–C) groups is 3. The molecule has 0 unspecified atom stereocenters.